The Morgan fingerprint density at radius 1 is 1.19 bits per heavy atom. The Kier molecular flexibility index (Phi) is 6.29. The lowest BCUT2D eigenvalue weighted by molar-refractivity contribution is -0.136. The summed E-state index contributed by atoms with van der Waals surface area (Å²) in [5, 5.41) is -0.357. The van der Waals surface area contributed by atoms with Crippen LogP contribution in [0.15, 0.2) is 42.5 Å². The molecule has 32 heavy (non-hydrogen) atoms. The summed E-state index contributed by atoms with van der Waals surface area (Å²) in [6.45, 7) is 3.73. The molecule has 1 saturated heterocycles. The molecule has 0 aliphatic carbocycles. The lowest BCUT2D eigenvalue weighted by Gasteiger charge is -2.30. The van der Waals surface area contributed by atoms with Crippen molar-refractivity contribution in [2.45, 2.75) is 26.5 Å². The molecule has 0 N–H and O–H groups in total. The molecule has 166 valence electrons. The molecule has 2 aliphatic heterocycles. The third-order valence-corrected chi connectivity index (χ3v) is 6.01. The number of amides is 3. The van der Waals surface area contributed by atoms with E-state index in [-0.39, 0.29) is 35.3 Å². The minimum atomic E-state index is -0.873. The maximum atomic E-state index is 13.2. The smallest absolute Gasteiger partial charge is 0.291 e. The molecule has 4 rings (SSSR count). The number of hydrogen-bond donors (Lipinski definition) is 0. The van der Waals surface area contributed by atoms with Crippen molar-refractivity contribution in [2.24, 2.45) is 0 Å². The summed E-state index contributed by atoms with van der Waals surface area (Å²) in [6, 6.07) is 11.7. The summed E-state index contributed by atoms with van der Waals surface area (Å²) in [7, 11) is 0. The van der Waals surface area contributed by atoms with Gasteiger partial charge in [0.25, 0.3) is 11.1 Å². The van der Waals surface area contributed by atoms with E-state index < -0.39 is 6.23 Å². The maximum absolute atomic E-state index is 13.2. The van der Waals surface area contributed by atoms with Gasteiger partial charge >= 0.3 is 0 Å². The number of imide groups is 1. The molecule has 0 spiro atoms. The first-order valence-corrected chi connectivity index (χ1v) is 11.2. The van der Waals surface area contributed by atoms with Crippen LogP contribution in [0.4, 0.5) is 10.5 Å². The second-order valence-corrected chi connectivity index (χ2v) is 8.34. The van der Waals surface area contributed by atoms with Gasteiger partial charge in [-0.25, -0.2) is 4.90 Å². The zero-order valence-corrected chi connectivity index (χ0v) is 18.5. The topological polar surface area (TPSA) is 93.2 Å². The zero-order valence-electron chi connectivity index (χ0n) is 17.7. The Morgan fingerprint density at radius 3 is 2.69 bits per heavy atom. The number of thioether (sulfide) groups is 1. The van der Waals surface area contributed by atoms with Crippen LogP contribution in [0.1, 0.15) is 52.8 Å². The number of hydrogen-bond acceptors (Lipinski definition) is 7. The third-order valence-electron chi connectivity index (χ3n) is 5.18. The van der Waals surface area contributed by atoms with Gasteiger partial charge < -0.3 is 9.47 Å². The van der Waals surface area contributed by atoms with Crippen LogP contribution in [-0.2, 0) is 9.53 Å². The maximum Gasteiger partial charge on any atom is 0.291 e. The van der Waals surface area contributed by atoms with Crippen LogP contribution in [0.2, 0.25) is 0 Å². The number of Topliss-reactive ketones (excluding diaryl/α,β-unsaturated/α-hetero) is 1. The Labute approximate surface area is 189 Å². The van der Waals surface area contributed by atoms with Crippen LogP contribution in [0.5, 0.6) is 5.75 Å². The van der Waals surface area contributed by atoms with Crippen LogP contribution in [0.25, 0.3) is 0 Å². The second-order valence-electron chi connectivity index (χ2n) is 7.41. The molecule has 0 bridgehead atoms. The number of carbonyl (C=O) groups is 4. The summed E-state index contributed by atoms with van der Waals surface area (Å²) in [6.07, 6.45) is -0.157. The highest BCUT2D eigenvalue weighted by molar-refractivity contribution is 8.14. The first-order chi connectivity index (χ1) is 15.4. The lowest BCUT2D eigenvalue weighted by Crippen LogP contribution is -2.39. The van der Waals surface area contributed by atoms with E-state index in [9.17, 15) is 19.2 Å². The number of rotatable bonds is 7. The molecule has 3 amide bonds. The van der Waals surface area contributed by atoms with Crippen molar-refractivity contribution in [1.82, 2.24) is 4.90 Å². The van der Waals surface area contributed by atoms with Gasteiger partial charge in [0.2, 0.25) is 5.91 Å². The van der Waals surface area contributed by atoms with Crippen LogP contribution >= 0.6 is 11.8 Å². The summed E-state index contributed by atoms with van der Waals surface area (Å²) in [4.78, 5) is 52.1. The van der Waals surface area contributed by atoms with Gasteiger partial charge in [-0.05, 0) is 43.7 Å². The average Bonchev–Trinajstić information content (AvgIpc) is 3.12. The number of benzene rings is 2. The molecule has 2 aromatic rings. The molecular weight excluding hydrogens is 432 g/mol. The summed E-state index contributed by atoms with van der Waals surface area (Å²) in [5.74, 6) is -0.260. The average molecular weight is 455 g/mol. The molecule has 8 nitrogen and oxygen atoms in total. The quantitative estimate of drug-likeness (QED) is 0.584. The van der Waals surface area contributed by atoms with Gasteiger partial charge in [-0.1, -0.05) is 30.8 Å². The van der Waals surface area contributed by atoms with E-state index in [0.717, 1.165) is 16.7 Å². The van der Waals surface area contributed by atoms with Gasteiger partial charge in [0.05, 0.1) is 11.3 Å². The normalized spacial score (nSPS) is 16.8. The highest BCUT2D eigenvalue weighted by Crippen LogP contribution is 2.34. The highest BCUT2D eigenvalue weighted by atomic mass is 32.2. The first kappa shape index (κ1) is 22.0. The fourth-order valence-corrected chi connectivity index (χ4v) is 4.28. The van der Waals surface area contributed by atoms with Crippen LogP contribution in [-0.4, -0.2) is 46.8 Å². The molecule has 0 radical (unpaired) electrons. The van der Waals surface area contributed by atoms with E-state index in [1.54, 1.807) is 36.4 Å². The van der Waals surface area contributed by atoms with Crippen LogP contribution in [0.3, 0.4) is 0 Å². The fourth-order valence-electron chi connectivity index (χ4n) is 3.56. The molecule has 2 aliphatic rings. The number of carbonyl (C=O) groups excluding carboxylic acids is 4. The second kappa shape index (κ2) is 9.13. The number of anilines is 1. The molecule has 1 atom stereocenters. The van der Waals surface area contributed by atoms with E-state index in [4.69, 9.17) is 9.47 Å². The van der Waals surface area contributed by atoms with Gasteiger partial charge in [0.1, 0.15) is 5.75 Å². The standard InChI is InChI=1S/C23H22N2O6S/c1-3-9-30-22(25-20(27)12-32-23(25)29)16-5-4-6-17(10-16)24-13-31-19-8-7-15(14(2)26)11-18(19)21(24)28/h4-8,10-11,22H,3,9,12-13H2,1-2H3. The predicted octanol–water partition coefficient (Wildman–Crippen LogP) is 4.01. The molecule has 9 heteroatoms. The van der Waals surface area contributed by atoms with Crippen LogP contribution in [0, 0.1) is 0 Å². The largest absolute Gasteiger partial charge is 0.472 e. The SMILES string of the molecule is CCCOC(c1cccc(N2COc3ccc(C(C)=O)cc3C2=O)c1)N1C(=O)CSC1=O. The predicted molar refractivity (Wildman–Crippen MR) is 119 cm³/mol. The van der Waals surface area contributed by atoms with Gasteiger partial charge in [0, 0.05) is 23.4 Å². The number of ether oxygens (including phenoxy) is 2. The van der Waals surface area contributed by atoms with Crippen molar-refractivity contribution in [3.05, 3.63) is 59.2 Å². The lowest BCUT2D eigenvalue weighted by atomic mass is 10.0. The Hall–Kier alpha value is -3.17. The van der Waals surface area contributed by atoms with E-state index in [1.807, 2.05) is 6.92 Å². The number of nitrogens with zero attached hydrogens (tertiary/aromatic N) is 2. The Bertz CT molecular complexity index is 1090. The van der Waals surface area contributed by atoms with Crippen molar-refractivity contribution in [3.8, 4) is 5.75 Å². The molecule has 0 saturated carbocycles. The molecule has 1 fully saturated rings. The Morgan fingerprint density at radius 2 is 2.00 bits per heavy atom. The number of fused-ring (bicyclic) bond motifs is 1. The van der Waals surface area contributed by atoms with E-state index in [2.05, 4.69) is 0 Å². The van der Waals surface area contributed by atoms with E-state index >= 15 is 0 Å². The van der Waals surface area contributed by atoms with Crippen LogP contribution < -0.4 is 9.64 Å². The van der Waals surface area contributed by atoms with Gasteiger partial charge in [-0.3, -0.25) is 24.1 Å². The molecule has 2 aromatic carbocycles. The van der Waals surface area contributed by atoms with Gasteiger partial charge in [-0.15, -0.1) is 0 Å². The monoisotopic (exact) mass is 454 g/mol. The first-order valence-electron chi connectivity index (χ1n) is 10.2. The zero-order chi connectivity index (χ0) is 22.8. The summed E-state index contributed by atoms with van der Waals surface area (Å²) in [5.41, 5.74) is 1.83. The molecule has 1 unspecified atom stereocenters. The van der Waals surface area contributed by atoms with Crippen molar-refractivity contribution >= 4 is 40.3 Å². The minimum Gasteiger partial charge on any atom is -0.472 e. The van der Waals surface area contributed by atoms with E-state index in [1.165, 1.54) is 17.9 Å². The molecular formula is C23H22N2O6S. The van der Waals surface area contributed by atoms with Crippen molar-refractivity contribution in [3.63, 3.8) is 0 Å². The molecule has 2 heterocycles. The highest BCUT2D eigenvalue weighted by Gasteiger charge is 2.38. The van der Waals surface area contributed by atoms with Gasteiger partial charge in [-0.2, -0.15) is 0 Å². The van der Waals surface area contributed by atoms with Crippen molar-refractivity contribution in [1.29, 1.82) is 0 Å². The Balaban J connectivity index is 1.67. The molecule has 0 aromatic heterocycles. The van der Waals surface area contributed by atoms with E-state index in [0.29, 0.717) is 41.2 Å². The van der Waals surface area contributed by atoms with Gasteiger partial charge in [0.15, 0.2) is 18.7 Å². The third kappa shape index (κ3) is 4.13. The summed E-state index contributed by atoms with van der Waals surface area (Å²) >= 11 is 0.944. The van der Waals surface area contributed by atoms with Crippen molar-refractivity contribution < 1.29 is 28.7 Å². The number of ketones is 1. The summed E-state index contributed by atoms with van der Waals surface area (Å²) < 4.78 is 11.6. The fraction of sp³-hybridized carbons (Fsp3) is 0.304. The van der Waals surface area contributed by atoms with Crippen molar-refractivity contribution in [2.75, 3.05) is 24.0 Å². The minimum absolute atomic E-state index is 0.00733.